The SMILES string of the molecule is NC(N)=NCCCC(N)C(=O)O.c1c[nH]cn1. The summed E-state index contributed by atoms with van der Waals surface area (Å²) in [7, 11) is 0. The topological polar surface area (TPSA) is 156 Å². The van der Waals surface area contributed by atoms with Crippen LogP contribution in [0.4, 0.5) is 0 Å². The second kappa shape index (κ2) is 9.16. The zero-order valence-corrected chi connectivity index (χ0v) is 9.41. The molecule has 1 aromatic heterocycles. The molecule has 0 spiro atoms. The van der Waals surface area contributed by atoms with Crippen LogP contribution in [0.3, 0.4) is 0 Å². The van der Waals surface area contributed by atoms with Crippen molar-refractivity contribution in [3.05, 3.63) is 18.7 Å². The van der Waals surface area contributed by atoms with Gasteiger partial charge in [0.15, 0.2) is 5.96 Å². The average Bonchev–Trinajstić information content (AvgIpc) is 2.82. The van der Waals surface area contributed by atoms with Gasteiger partial charge in [-0.05, 0) is 12.8 Å². The van der Waals surface area contributed by atoms with Crippen molar-refractivity contribution in [2.24, 2.45) is 22.2 Å². The fraction of sp³-hybridized carbons (Fsp3) is 0.444. The number of nitrogens with two attached hydrogens (primary N) is 3. The highest BCUT2D eigenvalue weighted by Gasteiger charge is 2.09. The lowest BCUT2D eigenvalue weighted by Crippen LogP contribution is -2.30. The van der Waals surface area contributed by atoms with Gasteiger partial charge in [0.05, 0.1) is 6.33 Å². The van der Waals surface area contributed by atoms with Gasteiger partial charge in [0.1, 0.15) is 6.04 Å². The first-order valence-corrected chi connectivity index (χ1v) is 5.00. The number of nitrogens with zero attached hydrogens (tertiary/aromatic N) is 2. The summed E-state index contributed by atoms with van der Waals surface area (Å²) in [5, 5.41) is 8.38. The van der Waals surface area contributed by atoms with Crippen LogP contribution in [0.15, 0.2) is 23.7 Å². The van der Waals surface area contributed by atoms with E-state index in [1.54, 1.807) is 18.7 Å². The maximum absolute atomic E-state index is 10.2. The second-order valence-corrected chi connectivity index (χ2v) is 3.15. The molecule has 8 N–H and O–H groups in total. The minimum absolute atomic E-state index is 0.0129. The molecule has 0 saturated heterocycles. The van der Waals surface area contributed by atoms with E-state index >= 15 is 0 Å². The van der Waals surface area contributed by atoms with Crippen LogP contribution in [0.25, 0.3) is 0 Å². The Morgan fingerprint density at radius 1 is 1.53 bits per heavy atom. The molecule has 1 atom stereocenters. The van der Waals surface area contributed by atoms with Crippen molar-refractivity contribution < 1.29 is 9.90 Å². The number of imidazole rings is 1. The largest absolute Gasteiger partial charge is 0.480 e. The molecule has 0 aromatic carbocycles. The lowest BCUT2D eigenvalue weighted by molar-refractivity contribution is -0.138. The quantitative estimate of drug-likeness (QED) is 0.249. The molecule has 1 aromatic rings. The first-order chi connectivity index (χ1) is 8.04. The molecule has 0 aliphatic heterocycles. The molecule has 0 aliphatic carbocycles. The summed E-state index contributed by atoms with van der Waals surface area (Å²) in [5.74, 6) is -0.987. The third-order valence-electron chi connectivity index (χ3n) is 1.69. The number of hydrogen-bond donors (Lipinski definition) is 5. The first-order valence-electron chi connectivity index (χ1n) is 5.00. The van der Waals surface area contributed by atoms with Gasteiger partial charge in [-0.1, -0.05) is 0 Å². The van der Waals surface area contributed by atoms with Crippen LogP contribution in [0.5, 0.6) is 0 Å². The molecule has 0 fully saturated rings. The normalized spacial score (nSPS) is 10.9. The third-order valence-corrected chi connectivity index (χ3v) is 1.69. The molecule has 1 heterocycles. The predicted octanol–water partition coefficient (Wildman–Crippen LogP) is -1.14. The van der Waals surface area contributed by atoms with Crippen molar-refractivity contribution in [1.29, 1.82) is 0 Å². The standard InChI is InChI=1S/C6H14N4O2.C3H4N2/c7-4(5(11)12)2-1-3-10-6(8)9;1-2-5-3-4-1/h4H,1-3,7H2,(H,11,12)(H4,8,9,10);1-3H,(H,4,5). The highest BCUT2D eigenvalue weighted by atomic mass is 16.4. The van der Waals surface area contributed by atoms with Crippen LogP contribution in [0.1, 0.15) is 12.8 Å². The van der Waals surface area contributed by atoms with E-state index in [-0.39, 0.29) is 5.96 Å². The molecule has 1 unspecified atom stereocenters. The molecule has 96 valence electrons. The van der Waals surface area contributed by atoms with Crippen LogP contribution in [-0.4, -0.2) is 39.6 Å². The number of carboxylic acid groups (broad SMARTS) is 1. The Morgan fingerprint density at radius 2 is 2.24 bits per heavy atom. The Hall–Kier alpha value is -2.09. The molecule has 0 bridgehead atoms. The second-order valence-electron chi connectivity index (χ2n) is 3.15. The predicted molar refractivity (Wildman–Crippen MR) is 64.1 cm³/mol. The number of guanidine groups is 1. The van der Waals surface area contributed by atoms with Gasteiger partial charge >= 0.3 is 5.97 Å². The van der Waals surface area contributed by atoms with E-state index < -0.39 is 12.0 Å². The Labute approximate surface area is 98.9 Å². The Morgan fingerprint density at radius 3 is 2.59 bits per heavy atom. The van der Waals surface area contributed by atoms with Gasteiger partial charge in [-0.3, -0.25) is 9.79 Å². The summed E-state index contributed by atoms with van der Waals surface area (Å²) in [6.45, 7) is 0.420. The molecule has 0 amide bonds. The van der Waals surface area contributed by atoms with E-state index in [2.05, 4.69) is 15.0 Å². The molecule has 0 aliphatic rings. The number of nitrogens with one attached hydrogen (secondary N) is 1. The maximum atomic E-state index is 10.2. The summed E-state index contributed by atoms with van der Waals surface area (Å²) >= 11 is 0. The van der Waals surface area contributed by atoms with Crippen molar-refractivity contribution in [2.45, 2.75) is 18.9 Å². The fourth-order valence-corrected chi connectivity index (χ4v) is 0.858. The van der Waals surface area contributed by atoms with Gasteiger partial charge in [0.25, 0.3) is 0 Å². The van der Waals surface area contributed by atoms with Crippen LogP contribution in [0.2, 0.25) is 0 Å². The highest BCUT2D eigenvalue weighted by Crippen LogP contribution is 1.94. The van der Waals surface area contributed by atoms with Crippen LogP contribution in [-0.2, 0) is 4.79 Å². The Bertz CT molecular complexity index is 303. The molecule has 8 nitrogen and oxygen atoms in total. The number of carbonyl (C=O) groups is 1. The molecule has 0 saturated carbocycles. The number of aliphatic carboxylic acids is 1. The molecule has 8 heteroatoms. The minimum Gasteiger partial charge on any atom is -0.480 e. The lowest BCUT2D eigenvalue weighted by atomic mass is 10.2. The average molecular weight is 242 g/mol. The van der Waals surface area contributed by atoms with E-state index in [0.29, 0.717) is 19.4 Å². The summed E-state index contributed by atoms with van der Waals surface area (Å²) in [4.78, 5) is 20.3. The van der Waals surface area contributed by atoms with E-state index in [0.717, 1.165) is 0 Å². The maximum Gasteiger partial charge on any atom is 0.320 e. The Kier molecular flexibility index (Phi) is 8.03. The molecule has 1 rings (SSSR count). The van der Waals surface area contributed by atoms with Crippen molar-refractivity contribution in [3.63, 3.8) is 0 Å². The number of rotatable bonds is 5. The summed E-state index contributed by atoms with van der Waals surface area (Å²) in [6.07, 6.45) is 6.04. The van der Waals surface area contributed by atoms with Gasteiger partial charge in [0.2, 0.25) is 0 Å². The van der Waals surface area contributed by atoms with E-state index in [9.17, 15) is 4.79 Å². The van der Waals surface area contributed by atoms with Crippen molar-refractivity contribution in [3.8, 4) is 0 Å². The van der Waals surface area contributed by atoms with Crippen LogP contribution in [0, 0.1) is 0 Å². The molecular weight excluding hydrogens is 224 g/mol. The van der Waals surface area contributed by atoms with Gasteiger partial charge in [-0.15, -0.1) is 0 Å². The number of aromatic amines is 1. The van der Waals surface area contributed by atoms with Gasteiger partial charge in [-0.25, -0.2) is 4.98 Å². The van der Waals surface area contributed by atoms with E-state index in [1.165, 1.54) is 0 Å². The third kappa shape index (κ3) is 10.2. The summed E-state index contributed by atoms with van der Waals surface area (Å²) in [6, 6.07) is -0.820. The number of aromatic nitrogens is 2. The highest BCUT2D eigenvalue weighted by molar-refractivity contribution is 5.75. The van der Waals surface area contributed by atoms with E-state index in [1.807, 2.05) is 0 Å². The molecular formula is C9H18N6O2. The van der Waals surface area contributed by atoms with Gasteiger partial charge < -0.3 is 27.3 Å². The van der Waals surface area contributed by atoms with Gasteiger partial charge in [0, 0.05) is 18.9 Å². The van der Waals surface area contributed by atoms with E-state index in [4.69, 9.17) is 22.3 Å². The zero-order chi connectivity index (χ0) is 13.1. The number of carboxylic acids is 1. The number of hydrogen-bond acceptors (Lipinski definition) is 4. The summed E-state index contributed by atoms with van der Waals surface area (Å²) in [5.41, 5.74) is 15.3. The van der Waals surface area contributed by atoms with Crippen molar-refractivity contribution in [2.75, 3.05) is 6.54 Å². The zero-order valence-electron chi connectivity index (χ0n) is 9.41. The fourth-order valence-electron chi connectivity index (χ4n) is 0.858. The molecule has 0 radical (unpaired) electrons. The van der Waals surface area contributed by atoms with Crippen molar-refractivity contribution >= 4 is 11.9 Å². The minimum atomic E-state index is -1.00. The van der Waals surface area contributed by atoms with Gasteiger partial charge in [-0.2, -0.15) is 0 Å². The first kappa shape index (κ1) is 14.9. The smallest absolute Gasteiger partial charge is 0.320 e. The molecule has 17 heavy (non-hydrogen) atoms. The lowest BCUT2D eigenvalue weighted by Gasteiger charge is -2.03. The van der Waals surface area contributed by atoms with Crippen molar-refractivity contribution in [1.82, 2.24) is 9.97 Å². The number of H-pyrrole nitrogens is 1. The van der Waals surface area contributed by atoms with Crippen LogP contribution < -0.4 is 17.2 Å². The summed E-state index contributed by atoms with van der Waals surface area (Å²) < 4.78 is 0. The number of aliphatic imine (C=N–C) groups is 1. The monoisotopic (exact) mass is 242 g/mol. The van der Waals surface area contributed by atoms with Crippen LogP contribution >= 0.6 is 0 Å². The Balaban J connectivity index is 0.000000419.